The number of nitrogens with zero attached hydrogens (tertiary/aromatic N) is 1. The van der Waals surface area contributed by atoms with Gasteiger partial charge >= 0.3 is 0 Å². The number of aliphatic hydroxyl groups is 1. The number of hydrogen-bond acceptors (Lipinski definition) is 4. The third-order valence-electron chi connectivity index (χ3n) is 5.11. The van der Waals surface area contributed by atoms with Crippen LogP contribution in [0.15, 0.2) is 45.0 Å². The Labute approximate surface area is 166 Å². The lowest BCUT2D eigenvalue weighted by molar-refractivity contribution is 0.152. The van der Waals surface area contributed by atoms with Gasteiger partial charge in [0.15, 0.2) is 0 Å². The summed E-state index contributed by atoms with van der Waals surface area (Å²) in [6, 6.07) is 7.40. The summed E-state index contributed by atoms with van der Waals surface area (Å²) in [6.07, 6.45) is 6.65. The number of benzene rings is 1. The molecule has 3 N–H and O–H groups in total. The minimum atomic E-state index is 0.356. The van der Waals surface area contributed by atoms with Gasteiger partial charge in [-0.3, -0.25) is 4.90 Å². The van der Waals surface area contributed by atoms with Crippen molar-refractivity contribution in [2.45, 2.75) is 24.9 Å². The molecule has 2 heterocycles. The summed E-state index contributed by atoms with van der Waals surface area (Å²) < 4.78 is 2.39. The maximum atomic E-state index is 7.00. The van der Waals surface area contributed by atoms with Crippen molar-refractivity contribution in [2.24, 2.45) is 0 Å². The molecule has 1 fully saturated rings. The molecule has 0 bridgehead atoms. The second-order valence-electron chi connectivity index (χ2n) is 6.44. The summed E-state index contributed by atoms with van der Waals surface area (Å²) in [5, 5.41) is 14.1. The van der Waals surface area contributed by atoms with Crippen LogP contribution < -0.4 is 10.6 Å². The Balaban J connectivity index is 0.000000880. The molecule has 4 rings (SSSR count). The molecule has 25 heavy (non-hydrogen) atoms. The monoisotopic (exact) mass is 469 g/mol. The zero-order chi connectivity index (χ0) is 17.8. The van der Waals surface area contributed by atoms with Crippen LogP contribution in [-0.2, 0) is 6.42 Å². The van der Waals surface area contributed by atoms with E-state index >= 15 is 0 Å². The molecule has 1 aliphatic carbocycles. The number of fused-ring (bicyclic) bond motifs is 2. The molecule has 0 amide bonds. The first-order chi connectivity index (χ1) is 12.2. The van der Waals surface area contributed by atoms with Crippen molar-refractivity contribution in [1.82, 2.24) is 15.5 Å². The summed E-state index contributed by atoms with van der Waals surface area (Å²) in [5.74, 6) is 0. The zero-order valence-corrected chi connectivity index (χ0v) is 17.6. The number of halogens is 2. The summed E-state index contributed by atoms with van der Waals surface area (Å²) >= 11 is 7.47. The largest absolute Gasteiger partial charge is 0.400 e. The van der Waals surface area contributed by atoms with Crippen LogP contribution in [0, 0.1) is 0 Å². The summed E-state index contributed by atoms with van der Waals surface area (Å²) in [5.41, 5.74) is 4.46. The minimum absolute atomic E-state index is 0.356. The van der Waals surface area contributed by atoms with Crippen molar-refractivity contribution in [3.8, 4) is 0 Å². The lowest BCUT2D eigenvalue weighted by Gasteiger charge is -2.41. The van der Waals surface area contributed by atoms with Gasteiger partial charge < -0.3 is 15.7 Å². The molecule has 0 radical (unpaired) electrons. The van der Waals surface area contributed by atoms with E-state index in [1.165, 1.54) is 21.2 Å². The standard InChI is InChI=1S/C18H21Br2N3.CH4O/c19-14-10-13-5-4-12-2-1-3-15(20)16(12)18(17(13)22-11-14)23-8-6-21-7-9-23;1-2/h1-3,10-11,17-18,21-22H,4-9H2;2H,1H3. The molecule has 6 heteroatoms. The summed E-state index contributed by atoms with van der Waals surface area (Å²) in [4.78, 5) is 2.64. The smallest absolute Gasteiger partial charge is 0.0670 e. The highest BCUT2D eigenvalue weighted by Gasteiger charge is 2.37. The second-order valence-corrected chi connectivity index (χ2v) is 8.21. The lowest BCUT2D eigenvalue weighted by atomic mass is 9.91. The highest BCUT2D eigenvalue weighted by atomic mass is 79.9. The minimum Gasteiger partial charge on any atom is -0.400 e. The Bertz CT molecular complexity index is 669. The van der Waals surface area contributed by atoms with Gasteiger partial charge in [0.1, 0.15) is 0 Å². The lowest BCUT2D eigenvalue weighted by Crippen LogP contribution is -2.51. The van der Waals surface area contributed by atoms with Gasteiger partial charge in [0, 0.05) is 48.4 Å². The molecule has 4 nitrogen and oxygen atoms in total. The van der Waals surface area contributed by atoms with Crippen molar-refractivity contribution in [1.29, 1.82) is 0 Å². The number of piperazine rings is 1. The number of nitrogens with one attached hydrogen (secondary N) is 2. The summed E-state index contributed by atoms with van der Waals surface area (Å²) in [7, 11) is 1.00. The third-order valence-corrected chi connectivity index (χ3v) is 6.26. The first kappa shape index (κ1) is 19.1. The van der Waals surface area contributed by atoms with Crippen LogP contribution in [0.4, 0.5) is 0 Å². The van der Waals surface area contributed by atoms with Crippen LogP contribution in [-0.4, -0.2) is 49.3 Å². The van der Waals surface area contributed by atoms with Gasteiger partial charge in [-0.25, -0.2) is 0 Å². The maximum absolute atomic E-state index is 7.00. The molecule has 136 valence electrons. The molecule has 0 aromatic heterocycles. The predicted molar refractivity (Wildman–Crippen MR) is 110 cm³/mol. The maximum Gasteiger partial charge on any atom is 0.0670 e. The van der Waals surface area contributed by atoms with Crippen molar-refractivity contribution < 1.29 is 5.11 Å². The first-order valence-corrected chi connectivity index (χ1v) is 10.3. The first-order valence-electron chi connectivity index (χ1n) is 8.73. The average molecular weight is 471 g/mol. The van der Waals surface area contributed by atoms with E-state index in [1.807, 2.05) is 0 Å². The van der Waals surface area contributed by atoms with Crippen LogP contribution >= 0.6 is 31.9 Å². The predicted octanol–water partition coefficient (Wildman–Crippen LogP) is 3.08. The van der Waals surface area contributed by atoms with E-state index in [0.717, 1.165) is 50.6 Å². The van der Waals surface area contributed by atoms with Gasteiger partial charge in [0.2, 0.25) is 0 Å². The number of aryl methyl sites for hydroxylation is 1. The fourth-order valence-electron chi connectivity index (χ4n) is 4.04. The number of rotatable bonds is 1. The molecule has 2 aliphatic heterocycles. The molecule has 2 unspecified atom stereocenters. The van der Waals surface area contributed by atoms with Crippen molar-refractivity contribution in [3.05, 3.63) is 56.1 Å². The Morgan fingerprint density at radius 3 is 2.64 bits per heavy atom. The van der Waals surface area contributed by atoms with E-state index in [0.29, 0.717) is 12.1 Å². The number of aliphatic hydroxyl groups excluding tert-OH is 1. The Morgan fingerprint density at radius 1 is 1.12 bits per heavy atom. The van der Waals surface area contributed by atoms with E-state index in [-0.39, 0.29) is 0 Å². The second kappa shape index (κ2) is 8.82. The molecule has 3 aliphatic rings. The van der Waals surface area contributed by atoms with Gasteiger partial charge in [-0.05, 0) is 57.6 Å². The number of hydrogen-bond donors (Lipinski definition) is 3. The highest BCUT2D eigenvalue weighted by molar-refractivity contribution is 9.12. The van der Waals surface area contributed by atoms with Gasteiger partial charge in [-0.1, -0.05) is 28.1 Å². The average Bonchev–Trinajstić information content (AvgIpc) is 2.82. The van der Waals surface area contributed by atoms with Gasteiger partial charge in [-0.15, -0.1) is 0 Å². The van der Waals surface area contributed by atoms with Crippen molar-refractivity contribution in [3.63, 3.8) is 0 Å². The molecule has 0 spiro atoms. The molecule has 1 saturated heterocycles. The van der Waals surface area contributed by atoms with Crippen molar-refractivity contribution in [2.75, 3.05) is 33.3 Å². The number of dihydropyridines is 1. The molecule has 1 aromatic rings. The third kappa shape index (κ3) is 4.03. The quantitative estimate of drug-likeness (QED) is 0.590. The molecule has 1 aromatic carbocycles. The number of allylic oxidation sites excluding steroid dienone is 2. The normalized spacial score (nSPS) is 25.9. The fourth-order valence-corrected chi connectivity index (χ4v) is 5.10. The highest BCUT2D eigenvalue weighted by Crippen LogP contribution is 2.41. The van der Waals surface area contributed by atoms with E-state index in [4.69, 9.17) is 5.11 Å². The van der Waals surface area contributed by atoms with Gasteiger partial charge in [-0.2, -0.15) is 0 Å². The van der Waals surface area contributed by atoms with E-state index in [2.05, 4.69) is 77.9 Å². The fraction of sp³-hybridized carbons (Fsp3) is 0.474. The molecule has 0 saturated carbocycles. The zero-order valence-electron chi connectivity index (χ0n) is 14.4. The van der Waals surface area contributed by atoms with E-state index < -0.39 is 0 Å². The Morgan fingerprint density at radius 2 is 1.88 bits per heavy atom. The van der Waals surface area contributed by atoms with E-state index in [9.17, 15) is 0 Å². The van der Waals surface area contributed by atoms with Crippen LogP contribution in [0.3, 0.4) is 0 Å². The SMILES string of the molecule is BrC1=CNC2C(=C1)CCc1cccc(Br)c1C2N1CCNCC1.CO. The van der Waals surface area contributed by atoms with Gasteiger partial charge in [0.05, 0.1) is 12.1 Å². The van der Waals surface area contributed by atoms with E-state index in [1.54, 1.807) is 0 Å². The Kier molecular flexibility index (Phi) is 6.74. The molecule has 2 atom stereocenters. The topological polar surface area (TPSA) is 47.5 Å². The Hall–Kier alpha value is -0.660. The molecular formula is C19H25Br2N3O. The van der Waals surface area contributed by atoms with Crippen LogP contribution in [0.5, 0.6) is 0 Å². The molecular weight excluding hydrogens is 446 g/mol. The van der Waals surface area contributed by atoms with Gasteiger partial charge in [0.25, 0.3) is 0 Å². The van der Waals surface area contributed by atoms with Crippen LogP contribution in [0.25, 0.3) is 0 Å². The van der Waals surface area contributed by atoms with Crippen molar-refractivity contribution >= 4 is 31.9 Å². The van der Waals surface area contributed by atoms with Crippen LogP contribution in [0.1, 0.15) is 23.6 Å². The summed E-state index contributed by atoms with van der Waals surface area (Å²) in [6.45, 7) is 4.34. The van der Waals surface area contributed by atoms with Crippen LogP contribution in [0.2, 0.25) is 0 Å².